The number of anilines is 1. The molecule has 1 N–H and O–H groups in total. The Morgan fingerprint density at radius 1 is 1.38 bits per heavy atom. The molecule has 7 nitrogen and oxygen atoms in total. The van der Waals surface area contributed by atoms with Crippen LogP contribution in [0.1, 0.15) is 11.6 Å². The molecule has 3 rings (SSSR count). The van der Waals surface area contributed by atoms with E-state index in [4.69, 9.17) is 16.0 Å². The lowest BCUT2D eigenvalue weighted by Crippen LogP contribution is -2.46. The third-order valence-corrected chi connectivity index (χ3v) is 3.91. The number of aryl methyl sites for hydroxylation is 1. The number of hydrogen-bond donors (Lipinski definition) is 1. The van der Waals surface area contributed by atoms with Gasteiger partial charge >= 0.3 is 0 Å². The van der Waals surface area contributed by atoms with Crippen molar-refractivity contribution in [2.24, 2.45) is 0 Å². The second-order valence-electron chi connectivity index (χ2n) is 5.02. The fourth-order valence-electron chi connectivity index (χ4n) is 2.45. The summed E-state index contributed by atoms with van der Waals surface area (Å²) in [6, 6.07) is 0. The van der Waals surface area contributed by atoms with Crippen LogP contribution < -0.4 is 10.5 Å². The molecule has 8 heteroatoms. The van der Waals surface area contributed by atoms with Crippen LogP contribution in [-0.2, 0) is 6.54 Å². The van der Waals surface area contributed by atoms with Crippen LogP contribution in [0.15, 0.2) is 21.7 Å². The van der Waals surface area contributed by atoms with Gasteiger partial charge in [0.25, 0.3) is 5.56 Å². The van der Waals surface area contributed by atoms with Crippen molar-refractivity contribution in [1.82, 2.24) is 20.1 Å². The predicted octanol–water partition coefficient (Wildman–Crippen LogP) is 1.04. The van der Waals surface area contributed by atoms with Crippen LogP contribution in [0, 0.1) is 6.92 Å². The van der Waals surface area contributed by atoms with E-state index in [0.717, 1.165) is 38.4 Å². The minimum absolute atomic E-state index is 0.200. The van der Waals surface area contributed by atoms with Gasteiger partial charge in [-0.1, -0.05) is 11.6 Å². The lowest BCUT2D eigenvalue weighted by Gasteiger charge is -2.35. The standard InChI is InChI=1S/C13H16ClN5O2/c1-9-16-10(8-21-9)7-18-2-4-19(5-3-18)11-6-15-17-13(20)12(11)14/h6,8H,2-5,7H2,1H3,(H,17,20). The Kier molecular flexibility index (Phi) is 3.94. The molecule has 0 amide bonds. The van der Waals surface area contributed by atoms with Gasteiger partial charge in [-0.05, 0) is 0 Å². The molecule has 0 aromatic carbocycles. The van der Waals surface area contributed by atoms with E-state index in [9.17, 15) is 4.79 Å². The van der Waals surface area contributed by atoms with E-state index in [1.54, 1.807) is 12.5 Å². The summed E-state index contributed by atoms with van der Waals surface area (Å²) in [7, 11) is 0. The fraction of sp³-hybridized carbons (Fsp3) is 0.462. The van der Waals surface area contributed by atoms with Crippen molar-refractivity contribution in [2.45, 2.75) is 13.5 Å². The molecule has 1 saturated heterocycles. The highest BCUT2D eigenvalue weighted by Crippen LogP contribution is 2.22. The molecule has 2 aromatic rings. The lowest BCUT2D eigenvalue weighted by atomic mass is 10.2. The van der Waals surface area contributed by atoms with Crippen molar-refractivity contribution in [3.63, 3.8) is 0 Å². The van der Waals surface area contributed by atoms with Crippen molar-refractivity contribution in [2.75, 3.05) is 31.1 Å². The van der Waals surface area contributed by atoms with Crippen molar-refractivity contribution in [1.29, 1.82) is 0 Å². The summed E-state index contributed by atoms with van der Waals surface area (Å²) in [6.45, 7) is 5.93. The monoisotopic (exact) mass is 309 g/mol. The SMILES string of the molecule is Cc1nc(CN2CCN(c3cn[nH]c(=O)c3Cl)CC2)co1. The zero-order valence-corrected chi connectivity index (χ0v) is 12.4. The number of nitrogens with zero attached hydrogens (tertiary/aromatic N) is 4. The molecule has 0 bridgehead atoms. The first kappa shape index (κ1) is 14.1. The first-order valence-electron chi connectivity index (χ1n) is 6.75. The zero-order chi connectivity index (χ0) is 14.8. The molecule has 112 valence electrons. The van der Waals surface area contributed by atoms with Gasteiger partial charge in [-0.15, -0.1) is 0 Å². The van der Waals surface area contributed by atoms with Crippen molar-refractivity contribution in [3.8, 4) is 0 Å². The molecule has 21 heavy (non-hydrogen) atoms. The molecule has 0 saturated carbocycles. The van der Waals surface area contributed by atoms with Gasteiger partial charge in [0, 0.05) is 39.6 Å². The third-order valence-electron chi connectivity index (χ3n) is 3.54. The molecule has 0 unspecified atom stereocenters. The molecule has 1 aliphatic rings. The lowest BCUT2D eigenvalue weighted by molar-refractivity contribution is 0.247. The molecule has 0 atom stereocenters. The van der Waals surface area contributed by atoms with Gasteiger partial charge in [-0.3, -0.25) is 9.69 Å². The van der Waals surface area contributed by atoms with Crippen LogP contribution in [0.3, 0.4) is 0 Å². The average molecular weight is 310 g/mol. The third kappa shape index (κ3) is 3.08. The maximum atomic E-state index is 11.5. The summed E-state index contributed by atoms with van der Waals surface area (Å²) in [6.07, 6.45) is 3.29. The first-order valence-corrected chi connectivity index (χ1v) is 7.13. The van der Waals surface area contributed by atoms with Crippen molar-refractivity contribution in [3.05, 3.63) is 39.4 Å². The summed E-state index contributed by atoms with van der Waals surface area (Å²) in [5.74, 6) is 0.685. The number of piperazine rings is 1. The van der Waals surface area contributed by atoms with Crippen molar-refractivity contribution >= 4 is 17.3 Å². The Morgan fingerprint density at radius 2 is 2.14 bits per heavy atom. The Hall–Kier alpha value is -1.86. The Bertz CT molecular complexity index is 675. The van der Waals surface area contributed by atoms with E-state index >= 15 is 0 Å². The van der Waals surface area contributed by atoms with Gasteiger partial charge in [0.15, 0.2) is 5.89 Å². The number of nitrogens with one attached hydrogen (secondary N) is 1. The average Bonchev–Trinajstić information content (AvgIpc) is 2.88. The number of halogens is 1. The van der Waals surface area contributed by atoms with E-state index in [0.29, 0.717) is 11.6 Å². The van der Waals surface area contributed by atoms with E-state index in [-0.39, 0.29) is 10.6 Å². The minimum atomic E-state index is -0.352. The highest BCUT2D eigenvalue weighted by Gasteiger charge is 2.21. The van der Waals surface area contributed by atoms with Gasteiger partial charge in [0.2, 0.25) is 0 Å². The summed E-state index contributed by atoms with van der Waals surface area (Å²) in [5.41, 5.74) is 1.28. The van der Waals surface area contributed by atoms with Crippen LogP contribution in [0.2, 0.25) is 5.02 Å². The molecular formula is C13H16ClN5O2. The largest absolute Gasteiger partial charge is 0.449 e. The van der Waals surface area contributed by atoms with E-state index in [2.05, 4.69) is 25.0 Å². The summed E-state index contributed by atoms with van der Waals surface area (Å²) < 4.78 is 5.21. The van der Waals surface area contributed by atoms with Gasteiger partial charge in [0.1, 0.15) is 11.3 Å². The quantitative estimate of drug-likeness (QED) is 0.913. The number of H-pyrrole nitrogens is 1. The Morgan fingerprint density at radius 3 is 2.81 bits per heavy atom. The van der Waals surface area contributed by atoms with E-state index in [1.807, 2.05) is 6.92 Å². The second kappa shape index (κ2) is 5.87. The van der Waals surface area contributed by atoms with Gasteiger partial charge in [0.05, 0.1) is 17.6 Å². The second-order valence-corrected chi connectivity index (χ2v) is 5.40. The maximum absolute atomic E-state index is 11.5. The molecule has 0 radical (unpaired) electrons. The summed E-state index contributed by atoms with van der Waals surface area (Å²) in [4.78, 5) is 20.2. The van der Waals surface area contributed by atoms with E-state index < -0.39 is 0 Å². The maximum Gasteiger partial charge on any atom is 0.285 e. The summed E-state index contributed by atoms with van der Waals surface area (Å²) >= 11 is 6.03. The van der Waals surface area contributed by atoms with Gasteiger partial charge in [-0.2, -0.15) is 5.10 Å². The fourth-order valence-corrected chi connectivity index (χ4v) is 2.66. The Balaban J connectivity index is 1.62. The van der Waals surface area contributed by atoms with Gasteiger partial charge in [-0.25, -0.2) is 10.1 Å². The first-order chi connectivity index (χ1) is 10.1. The van der Waals surface area contributed by atoms with E-state index in [1.165, 1.54) is 0 Å². The predicted molar refractivity (Wildman–Crippen MR) is 78.6 cm³/mol. The zero-order valence-electron chi connectivity index (χ0n) is 11.7. The highest BCUT2D eigenvalue weighted by atomic mass is 35.5. The van der Waals surface area contributed by atoms with Crippen LogP contribution >= 0.6 is 11.6 Å². The van der Waals surface area contributed by atoms with Crippen LogP contribution in [-0.4, -0.2) is 46.3 Å². The Labute approximate surface area is 126 Å². The molecule has 0 spiro atoms. The molecule has 3 heterocycles. The van der Waals surface area contributed by atoms with Crippen molar-refractivity contribution < 1.29 is 4.42 Å². The number of hydrogen-bond acceptors (Lipinski definition) is 6. The molecular weight excluding hydrogens is 294 g/mol. The normalized spacial score (nSPS) is 16.4. The number of oxazole rings is 1. The van der Waals surface area contributed by atoms with Crippen LogP contribution in [0.25, 0.3) is 0 Å². The van der Waals surface area contributed by atoms with Crippen LogP contribution in [0.5, 0.6) is 0 Å². The molecule has 1 fully saturated rings. The molecule has 2 aromatic heterocycles. The molecule has 1 aliphatic heterocycles. The highest BCUT2D eigenvalue weighted by molar-refractivity contribution is 6.32. The molecule has 0 aliphatic carbocycles. The topological polar surface area (TPSA) is 78.3 Å². The number of aromatic amines is 1. The minimum Gasteiger partial charge on any atom is -0.449 e. The number of aromatic nitrogens is 3. The number of rotatable bonds is 3. The van der Waals surface area contributed by atoms with Crippen LogP contribution in [0.4, 0.5) is 5.69 Å². The smallest absolute Gasteiger partial charge is 0.285 e. The van der Waals surface area contributed by atoms with Gasteiger partial charge < -0.3 is 9.32 Å². The summed E-state index contributed by atoms with van der Waals surface area (Å²) in [5, 5.41) is 6.34.